The maximum atomic E-state index is 12.1. The molecule has 0 spiro atoms. The molecular weight excluding hydrogens is 331 g/mol. The van der Waals surface area contributed by atoms with Crippen molar-refractivity contribution in [3.05, 3.63) is 46.2 Å². The molecule has 1 aromatic heterocycles. The van der Waals surface area contributed by atoms with Crippen molar-refractivity contribution in [3.8, 4) is 5.75 Å². The minimum absolute atomic E-state index is 0.198. The molecule has 116 valence electrons. The summed E-state index contributed by atoms with van der Waals surface area (Å²) in [4.78, 5) is 22.6. The Morgan fingerprint density at radius 1 is 1.32 bits per heavy atom. The number of carboxylic acid groups (broad SMARTS) is 1. The summed E-state index contributed by atoms with van der Waals surface area (Å²) >= 11 is 11.8. The van der Waals surface area contributed by atoms with Crippen LogP contribution in [0.5, 0.6) is 5.75 Å². The van der Waals surface area contributed by atoms with Gasteiger partial charge in [-0.2, -0.15) is 0 Å². The monoisotopic (exact) mass is 342 g/mol. The Labute approximate surface area is 136 Å². The van der Waals surface area contributed by atoms with Crippen LogP contribution in [0.3, 0.4) is 0 Å². The molecule has 0 aliphatic rings. The molecule has 2 aromatic rings. The van der Waals surface area contributed by atoms with E-state index in [1.807, 2.05) is 0 Å². The molecule has 2 N–H and O–H groups in total. The zero-order valence-corrected chi connectivity index (χ0v) is 13.0. The van der Waals surface area contributed by atoms with Crippen molar-refractivity contribution in [1.29, 1.82) is 0 Å². The van der Waals surface area contributed by atoms with Crippen molar-refractivity contribution in [2.45, 2.75) is 0 Å². The lowest BCUT2D eigenvalue weighted by Gasteiger charge is -2.09. The molecule has 0 aliphatic carbocycles. The molecule has 8 heteroatoms. The van der Waals surface area contributed by atoms with Gasteiger partial charge in [0.05, 0.1) is 10.0 Å². The maximum Gasteiger partial charge on any atom is 0.341 e. The predicted molar refractivity (Wildman–Crippen MR) is 83.0 cm³/mol. The van der Waals surface area contributed by atoms with Gasteiger partial charge in [-0.05, 0) is 24.3 Å². The van der Waals surface area contributed by atoms with Gasteiger partial charge in [0.2, 0.25) is 0 Å². The number of hydrogen-bond acceptors (Lipinski definition) is 3. The molecule has 0 unspecified atom stereocenters. The van der Waals surface area contributed by atoms with Gasteiger partial charge in [0.1, 0.15) is 11.4 Å². The van der Waals surface area contributed by atoms with Crippen LogP contribution in [-0.2, 0) is 11.8 Å². The van der Waals surface area contributed by atoms with E-state index in [9.17, 15) is 9.59 Å². The first-order chi connectivity index (χ1) is 10.4. The molecule has 0 bridgehead atoms. The molecule has 1 amide bonds. The number of nitrogens with one attached hydrogen (secondary N) is 1. The zero-order chi connectivity index (χ0) is 16.3. The van der Waals surface area contributed by atoms with E-state index < -0.39 is 12.6 Å². The number of aryl methyl sites for hydroxylation is 1. The number of hydrogen-bond donors (Lipinski definition) is 2. The summed E-state index contributed by atoms with van der Waals surface area (Å²) in [6.45, 7) is -0.493. The second kappa shape index (κ2) is 6.72. The number of aliphatic carboxylic acids is 1. The molecule has 0 radical (unpaired) electrons. The third kappa shape index (κ3) is 3.93. The minimum atomic E-state index is -1.10. The van der Waals surface area contributed by atoms with Crippen LogP contribution in [0.15, 0.2) is 30.5 Å². The second-order valence-corrected chi connectivity index (χ2v) is 5.28. The lowest BCUT2D eigenvalue weighted by Crippen LogP contribution is -2.15. The fourth-order valence-electron chi connectivity index (χ4n) is 1.78. The number of carbonyl (C=O) groups is 2. The summed E-state index contributed by atoms with van der Waals surface area (Å²) in [5, 5.41) is 11.9. The fourth-order valence-corrected chi connectivity index (χ4v) is 2.27. The van der Waals surface area contributed by atoms with Crippen molar-refractivity contribution < 1.29 is 19.4 Å². The van der Waals surface area contributed by atoms with Gasteiger partial charge in [-0.15, -0.1) is 0 Å². The number of aromatic nitrogens is 1. The molecule has 0 saturated carbocycles. The number of carboxylic acids is 1. The topological polar surface area (TPSA) is 80.6 Å². The highest BCUT2D eigenvalue weighted by atomic mass is 35.5. The summed E-state index contributed by atoms with van der Waals surface area (Å²) in [6, 6.07) is 6.06. The summed E-state index contributed by atoms with van der Waals surface area (Å²) in [6.07, 6.45) is 1.62. The predicted octanol–water partition coefficient (Wildman–Crippen LogP) is 3.05. The van der Waals surface area contributed by atoms with Gasteiger partial charge in [-0.1, -0.05) is 23.2 Å². The van der Waals surface area contributed by atoms with Crippen LogP contribution in [0.1, 0.15) is 10.5 Å². The van der Waals surface area contributed by atoms with Crippen LogP contribution < -0.4 is 10.1 Å². The molecule has 2 rings (SSSR count). The van der Waals surface area contributed by atoms with Crippen LogP contribution in [0.4, 0.5) is 5.69 Å². The summed E-state index contributed by atoms with van der Waals surface area (Å²) in [5.74, 6) is -1.22. The standard InChI is InChI=1S/C14H12Cl2N2O4/c1-18-6-8(15)4-11(18)14(21)17-9-2-3-12(10(16)5-9)22-7-13(19)20/h2-6H,7H2,1H3,(H,17,21)(H,19,20). The van der Waals surface area contributed by atoms with Crippen molar-refractivity contribution in [2.24, 2.45) is 7.05 Å². The Hall–Kier alpha value is -2.18. The number of halogens is 2. The van der Waals surface area contributed by atoms with Crippen molar-refractivity contribution in [1.82, 2.24) is 4.57 Å². The van der Waals surface area contributed by atoms with E-state index in [0.717, 1.165) is 0 Å². The molecule has 0 fully saturated rings. The molecule has 0 aliphatic heterocycles. The van der Waals surface area contributed by atoms with Crippen molar-refractivity contribution in [3.63, 3.8) is 0 Å². The van der Waals surface area contributed by atoms with Crippen LogP contribution in [-0.4, -0.2) is 28.2 Å². The summed E-state index contributed by atoms with van der Waals surface area (Å²) in [7, 11) is 1.70. The number of benzene rings is 1. The van der Waals surface area contributed by atoms with E-state index in [1.54, 1.807) is 29.9 Å². The molecule has 22 heavy (non-hydrogen) atoms. The van der Waals surface area contributed by atoms with Gasteiger partial charge in [-0.25, -0.2) is 4.79 Å². The van der Waals surface area contributed by atoms with Gasteiger partial charge < -0.3 is 19.7 Å². The van der Waals surface area contributed by atoms with E-state index in [0.29, 0.717) is 16.4 Å². The van der Waals surface area contributed by atoms with Crippen LogP contribution >= 0.6 is 23.2 Å². The van der Waals surface area contributed by atoms with Gasteiger partial charge in [-0.3, -0.25) is 4.79 Å². The van der Waals surface area contributed by atoms with E-state index in [1.165, 1.54) is 12.1 Å². The number of ether oxygens (including phenoxy) is 1. The average Bonchev–Trinajstić information content (AvgIpc) is 2.76. The van der Waals surface area contributed by atoms with Crippen molar-refractivity contribution >= 4 is 40.8 Å². The highest BCUT2D eigenvalue weighted by Crippen LogP contribution is 2.28. The minimum Gasteiger partial charge on any atom is -0.480 e. The Bertz CT molecular complexity index is 728. The first-order valence-electron chi connectivity index (χ1n) is 6.14. The Kier molecular flexibility index (Phi) is 4.95. The number of anilines is 1. The quantitative estimate of drug-likeness (QED) is 0.874. The van der Waals surface area contributed by atoms with E-state index in [2.05, 4.69) is 5.32 Å². The second-order valence-electron chi connectivity index (χ2n) is 4.44. The Balaban J connectivity index is 2.10. The third-order valence-corrected chi connectivity index (χ3v) is 3.25. The van der Waals surface area contributed by atoms with Crippen LogP contribution in [0.2, 0.25) is 10.0 Å². The number of amides is 1. The molecule has 6 nitrogen and oxygen atoms in total. The van der Waals surface area contributed by atoms with Crippen LogP contribution in [0, 0.1) is 0 Å². The molecule has 0 atom stereocenters. The third-order valence-electron chi connectivity index (χ3n) is 2.75. The summed E-state index contributed by atoms with van der Waals surface area (Å²) < 4.78 is 6.60. The normalized spacial score (nSPS) is 10.3. The Morgan fingerprint density at radius 3 is 2.59 bits per heavy atom. The lowest BCUT2D eigenvalue weighted by molar-refractivity contribution is -0.139. The van der Waals surface area contributed by atoms with E-state index >= 15 is 0 Å². The lowest BCUT2D eigenvalue weighted by atomic mass is 10.3. The average molecular weight is 343 g/mol. The van der Waals surface area contributed by atoms with Gasteiger partial charge in [0, 0.05) is 18.9 Å². The maximum absolute atomic E-state index is 12.1. The smallest absolute Gasteiger partial charge is 0.341 e. The number of rotatable bonds is 5. The van der Waals surface area contributed by atoms with Gasteiger partial charge in [0.25, 0.3) is 5.91 Å². The zero-order valence-electron chi connectivity index (χ0n) is 11.5. The summed E-state index contributed by atoms with van der Waals surface area (Å²) in [5.41, 5.74) is 0.849. The van der Waals surface area contributed by atoms with Crippen LogP contribution in [0.25, 0.3) is 0 Å². The fraction of sp³-hybridized carbons (Fsp3) is 0.143. The SMILES string of the molecule is Cn1cc(Cl)cc1C(=O)Nc1ccc(OCC(=O)O)c(Cl)c1. The molecule has 1 heterocycles. The largest absolute Gasteiger partial charge is 0.480 e. The molecular formula is C14H12Cl2N2O4. The molecule has 0 saturated heterocycles. The number of carbonyl (C=O) groups excluding carboxylic acids is 1. The Morgan fingerprint density at radius 2 is 2.05 bits per heavy atom. The van der Waals surface area contributed by atoms with Gasteiger partial charge >= 0.3 is 5.97 Å². The van der Waals surface area contributed by atoms with E-state index in [-0.39, 0.29) is 16.7 Å². The highest BCUT2D eigenvalue weighted by Gasteiger charge is 2.12. The van der Waals surface area contributed by atoms with Gasteiger partial charge in [0.15, 0.2) is 6.61 Å². The highest BCUT2D eigenvalue weighted by molar-refractivity contribution is 6.32. The first-order valence-corrected chi connectivity index (χ1v) is 6.90. The van der Waals surface area contributed by atoms with E-state index in [4.69, 9.17) is 33.0 Å². The number of nitrogens with zero attached hydrogens (tertiary/aromatic N) is 1. The first kappa shape index (κ1) is 16.2. The molecule has 1 aromatic carbocycles. The van der Waals surface area contributed by atoms with Crippen molar-refractivity contribution in [2.75, 3.05) is 11.9 Å².